The third-order valence-corrected chi connectivity index (χ3v) is 2.39. The van der Waals surface area contributed by atoms with E-state index in [4.69, 9.17) is 17.3 Å². The topological polar surface area (TPSA) is 55.1 Å². The lowest BCUT2D eigenvalue weighted by Gasteiger charge is -2.15. The Kier molecular flexibility index (Phi) is 4.12. The third kappa shape index (κ3) is 3.53. The van der Waals surface area contributed by atoms with Gasteiger partial charge in [-0.15, -0.1) is 0 Å². The highest BCUT2D eigenvalue weighted by Gasteiger charge is 2.12. The molecule has 0 spiro atoms. The molecule has 0 aromatic heterocycles. The van der Waals surface area contributed by atoms with E-state index in [1.807, 2.05) is 19.1 Å². The van der Waals surface area contributed by atoms with Crippen molar-refractivity contribution in [2.24, 2.45) is 5.73 Å². The zero-order valence-corrected chi connectivity index (χ0v) is 9.58. The molecule has 0 unspecified atom stereocenters. The van der Waals surface area contributed by atoms with Gasteiger partial charge in [0.25, 0.3) is 0 Å². The predicted molar refractivity (Wildman–Crippen MR) is 61.7 cm³/mol. The van der Waals surface area contributed by atoms with Gasteiger partial charge in [-0.2, -0.15) is 0 Å². The lowest BCUT2D eigenvalue weighted by molar-refractivity contribution is -0.122. The van der Waals surface area contributed by atoms with Gasteiger partial charge in [-0.25, -0.2) is 0 Å². The van der Waals surface area contributed by atoms with Crippen molar-refractivity contribution in [2.75, 3.05) is 0 Å². The largest absolute Gasteiger partial charge is 0.348 e. The van der Waals surface area contributed by atoms with Gasteiger partial charge < -0.3 is 11.1 Å². The van der Waals surface area contributed by atoms with Crippen LogP contribution in [0.2, 0.25) is 5.02 Å². The Morgan fingerprint density at radius 3 is 2.33 bits per heavy atom. The van der Waals surface area contributed by atoms with Crippen LogP contribution in [0.4, 0.5) is 0 Å². The molecule has 0 radical (unpaired) electrons. The zero-order valence-electron chi connectivity index (χ0n) is 8.83. The second-order valence-corrected chi connectivity index (χ2v) is 4.01. The Bertz CT molecular complexity index is 335. The maximum atomic E-state index is 11.3. The first-order chi connectivity index (χ1) is 7.00. The van der Waals surface area contributed by atoms with Crippen LogP contribution in [0, 0.1) is 0 Å². The molecule has 3 N–H and O–H groups in total. The van der Waals surface area contributed by atoms with Crippen LogP contribution in [0.5, 0.6) is 0 Å². The monoisotopic (exact) mass is 226 g/mol. The molecular weight excluding hydrogens is 212 g/mol. The van der Waals surface area contributed by atoms with E-state index in [2.05, 4.69) is 5.32 Å². The Morgan fingerprint density at radius 1 is 1.33 bits per heavy atom. The quantitative estimate of drug-likeness (QED) is 0.827. The fourth-order valence-electron chi connectivity index (χ4n) is 1.18. The molecule has 1 aromatic carbocycles. The number of nitrogens with one attached hydrogen (secondary N) is 1. The Morgan fingerprint density at radius 2 is 1.87 bits per heavy atom. The summed E-state index contributed by atoms with van der Waals surface area (Å²) in [4.78, 5) is 11.3. The summed E-state index contributed by atoms with van der Waals surface area (Å²) in [5, 5.41) is 3.49. The highest BCUT2D eigenvalue weighted by molar-refractivity contribution is 6.30. The van der Waals surface area contributed by atoms with Crippen LogP contribution in [0.15, 0.2) is 24.3 Å². The van der Waals surface area contributed by atoms with Gasteiger partial charge in [0.05, 0.1) is 12.1 Å². The fraction of sp³-hybridized carbons (Fsp3) is 0.364. The Labute approximate surface area is 94.6 Å². The number of hydrogen-bond donors (Lipinski definition) is 2. The van der Waals surface area contributed by atoms with Crippen LogP contribution in [0.3, 0.4) is 0 Å². The smallest absolute Gasteiger partial charge is 0.237 e. The normalized spacial score (nSPS) is 14.4. The van der Waals surface area contributed by atoms with E-state index in [0.29, 0.717) is 5.02 Å². The fourth-order valence-corrected chi connectivity index (χ4v) is 1.31. The lowest BCUT2D eigenvalue weighted by atomic mass is 10.1. The van der Waals surface area contributed by atoms with Crippen LogP contribution < -0.4 is 11.1 Å². The van der Waals surface area contributed by atoms with Crippen molar-refractivity contribution in [3.05, 3.63) is 34.9 Å². The molecule has 0 aliphatic rings. The summed E-state index contributed by atoms with van der Waals surface area (Å²) in [5.74, 6) is -0.155. The minimum absolute atomic E-state index is 0.0548. The van der Waals surface area contributed by atoms with Crippen molar-refractivity contribution < 1.29 is 4.79 Å². The first-order valence-corrected chi connectivity index (χ1v) is 5.20. The van der Waals surface area contributed by atoms with E-state index in [1.165, 1.54) is 0 Å². The molecule has 0 bridgehead atoms. The molecule has 2 atom stereocenters. The van der Waals surface area contributed by atoms with Gasteiger partial charge in [0.15, 0.2) is 0 Å². The van der Waals surface area contributed by atoms with Crippen LogP contribution in [-0.4, -0.2) is 11.9 Å². The molecule has 82 valence electrons. The van der Waals surface area contributed by atoms with Gasteiger partial charge in [0, 0.05) is 5.02 Å². The average molecular weight is 227 g/mol. The molecule has 15 heavy (non-hydrogen) atoms. The van der Waals surface area contributed by atoms with Crippen LogP contribution >= 0.6 is 11.6 Å². The molecule has 0 aliphatic carbocycles. The van der Waals surface area contributed by atoms with E-state index in [9.17, 15) is 4.79 Å². The number of carbonyl (C=O) groups is 1. The second kappa shape index (κ2) is 5.14. The van der Waals surface area contributed by atoms with Crippen LogP contribution in [0.25, 0.3) is 0 Å². The molecule has 0 aliphatic heterocycles. The maximum absolute atomic E-state index is 11.3. The van der Waals surface area contributed by atoms with Crippen LogP contribution in [-0.2, 0) is 4.79 Å². The molecule has 1 amide bonds. The summed E-state index contributed by atoms with van der Waals surface area (Å²) in [6.07, 6.45) is 0. The molecule has 4 heteroatoms. The number of nitrogens with two attached hydrogens (primary N) is 1. The molecule has 1 rings (SSSR count). The summed E-state index contributed by atoms with van der Waals surface area (Å²) in [7, 11) is 0. The average Bonchev–Trinajstić information content (AvgIpc) is 2.18. The zero-order chi connectivity index (χ0) is 11.4. The molecule has 0 saturated heterocycles. The molecular formula is C11H15ClN2O. The number of amides is 1. The summed E-state index contributed by atoms with van der Waals surface area (Å²) in [5.41, 5.74) is 6.46. The number of hydrogen-bond acceptors (Lipinski definition) is 2. The summed E-state index contributed by atoms with van der Waals surface area (Å²) >= 11 is 5.77. The summed E-state index contributed by atoms with van der Waals surface area (Å²) in [6.45, 7) is 3.56. The van der Waals surface area contributed by atoms with E-state index in [0.717, 1.165) is 5.56 Å². The first kappa shape index (κ1) is 12.0. The van der Waals surface area contributed by atoms with Gasteiger partial charge in [-0.3, -0.25) is 4.79 Å². The molecule has 0 fully saturated rings. The predicted octanol–water partition coefficient (Wildman–Crippen LogP) is 1.86. The number of rotatable bonds is 3. The van der Waals surface area contributed by atoms with Crippen molar-refractivity contribution in [1.82, 2.24) is 5.32 Å². The Hall–Kier alpha value is -1.06. The van der Waals surface area contributed by atoms with Crippen molar-refractivity contribution in [1.29, 1.82) is 0 Å². The minimum Gasteiger partial charge on any atom is -0.348 e. The standard InChI is InChI=1S/C11H15ClN2O/c1-7(13)11(15)14-8(2)9-3-5-10(12)6-4-9/h3-8H,13H2,1-2H3,(H,14,15)/t7-,8+/m0/s1. The number of halogens is 1. The van der Waals surface area contributed by atoms with Crippen molar-refractivity contribution >= 4 is 17.5 Å². The van der Waals surface area contributed by atoms with Crippen molar-refractivity contribution in [2.45, 2.75) is 25.9 Å². The Balaban J connectivity index is 2.65. The van der Waals surface area contributed by atoms with Gasteiger partial charge >= 0.3 is 0 Å². The van der Waals surface area contributed by atoms with Crippen molar-refractivity contribution in [3.8, 4) is 0 Å². The SMILES string of the molecule is C[C@H](N)C(=O)N[C@H](C)c1ccc(Cl)cc1. The number of carbonyl (C=O) groups excluding carboxylic acids is 1. The molecule has 0 saturated carbocycles. The van der Waals surface area contributed by atoms with E-state index in [-0.39, 0.29) is 11.9 Å². The minimum atomic E-state index is -0.486. The van der Waals surface area contributed by atoms with Crippen LogP contribution in [0.1, 0.15) is 25.5 Å². The van der Waals surface area contributed by atoms with Crippen molar-refractivity contribution in [3.63, 3.8) is 0 Å². The van der Waals surface area contributed by atoms with Gasteiger partial charge in [0.2, 0.25) is 5.91 Å². The van der Waals surface area contributed by atoms with Gasteiger partial charge in [-0.1, -0.05) is 23.7 Å². The molecule has 3 nitrogen and oxygen atoms in total. The third-order valence-electron chi connectivity index (χ3n) is 2.14. The van der Waals surface area contributed by atoms with E-state index in [1.54, 1.807) is 19.1 Å². The summed E-state index contributed by atoms with van der Waals surface area (Å²) in [6, 6.07) is 6.82. The van der Waals surface area contributed by atoms with Gasteiger partial charge in [-0.05, 0) is 31.5 Å². The molecule has 1 aromatic rings. The maximum Gasteiger partial charge on any atom is 0.237 e. The summed E-state index contributed by atoms with van der Waals surface area (Å²) < 4.78 is 0. The van der Waals surface area contributed by atoms with Gasteiger partial charge in [0.1, 0.15) is 0 Å². The number of benzene rings is 1. The highest BCUT2D eigenvalue weighted by Crippen LogP contribution is 2.15. The molecule has 0 heterocycles. The second-order valence-electron chi connectivity index (χ2n) is 3.57. The lowest BCUT2D eigenvalue weighted by Crippen LogP contribution is -2.39. The highest BCUT2D eigenvalue weighted by atomic mass is 35.5. The first-order valence-electron chi connectivity index (χ1n) is 4.82. The van der Waals surface area contributed by atoms with E-state index >= 15 is 0 Å². The van der Waals surface area contributed by atoms with E-state index < -0.39 is 6.04 Å².